The van der Waals surface area contributed by atoms with Gasteiger partial charge in [0.25, 0.3) is 11.7 Å². The zero-order valence-corrected chi connectivity index (χ0v) is 22.0. The molecule has 1 fully saturated rings. The van der Waals surface area contributed by atoms with Crippen molar-refractivity contribution in [2.75, 3.05) is 0 Å². The third kappa shape index (κ3) is 5.60. The highest BCUT2D eigenvalue weighted by Crippen LogP contribution is 2.40. The summed E-state index contributed by atoms with van der Waals surface area (Å²) in [5.41, 5.74) is 5.43. The van der Waals surface area contributed by atoms with Crippen LogP contribution in [0.3, 0.4) is 0 Å². The number of aliphatic hydroxyl groups excluding tert-OH is 1. The molecule has 4 aromatic rings. The van der Waals surface area contributed by atoms with Crippen molar-refractivity contribution in [1.29, 1.82) is 0 Å². The maximum Gasteiger partial charge on any atom is 0.295 e. The van der Waals surface area contributed by atoms with E-state index < -0.39 is 17.7 Å². The molecule has 3 aromatic carbocycles. The van der Waals surface area contributed by atoms with E-state index in [0.29, 0.717) is 17.9 Å². The highest BCUT2D eigenvalue weighted by Gasteiger charge is 2.46. The number of amides is 1. The summed E-state index contributed by atoms with van der Waals surface area (Å²) >= 11 is 0. The minimum absolute atomic E-state index is 0.0709. The van der Waals surface area contributed by atoms with Crippen LogP contribution in [-0.4, -0.2) is 26.7 Å². The van der Waals surface area contributed by atoms with Gasteiger partial charge < -0.3 is 14.7 Å². The second-order valence-corrected chi connectivity index (χ2v) is 9.69. The Kier molecular flexibility index (Phi) is 7.55. The molecule has 1 N–H and O–H groups in total. The number of ketones is 1. The molecule has 1 aliphatic heterocycles. The summed E-state index contributed by atoms with van der Waals surface area (Å²) in [5, 5.41) is 11.4. The second kappa shape index (κ2) is 11.4. The molecule has 0 spiro atoms. The summed E-state index contributed by atoms with van der Waals surface area (Å²) < 4.78 is 5.91. The molecule has 1 saturated heterocycles. The lowest BCUT2D eigenvalue weighted by molar-refractivity contribution is -0.140. The Morgan fingerprint density at radius 2 is 1.67 bits per heavy atom. The van der Waals surface area contributed by atoms with Crippen LogP contribution < -0.4 is 4.74 Å². The molecule has 0 saturated carbocycles. The Morgan fingerprint density at radius 1 is 0.923 bits per heavy atom. The number of aryl methyl sites for hydroxylation is 2. The van der Waals surface area contributed by atoms with E-state index >= 15 is 0 Å². The molecule has 5 rings (SSSR count). The topological polar surface area (TPSA) is 79.7 Å². The average molecular weight is 519 g/mol. The number of pyridine rings is 1. The third-order valence-corrected chi connectivity index (χ3v) is 6.94. The summed E-state index contributed by atoms with van der Waals surface area (Å²) in [5.74, 6) is -0.933. The predicted octanol–water partition coefficient (Wildman–Crippen LogP) is 6.15. The van der Waals surface area contributed by atoms with Gasteiger partial charge in [-0.05, 0) is 65.9 Å². The lowest BCUT2D eigenvalue weighted by Gasteiger charge is -2.25. The van der Waals surface area contributed by atoms with Crippen LogP contribution in [-0.2, 0) is 29.2 Å². The van der Waals surface area contributed by atoms with E-state index in [0.717, 1.165) is 34.2 Å². The van der Waals surface area contributed by atoms with Crippen molar-refractivity contribution < 1.29 is 19.4 Å². The first-order valence-corrected chi connectivity index (χ1v) is 13.0. The maximum absolute atomic E-state index is 13.3. The van der Waals surface area contributed by atoms with Gasteiger partial charge in [-0.1, -0.05) is 67.1 Å². The van der Waals surface area contributed by atoms with E-state index in [4.69, 9.17) is 4.74 Å². The van der Waals surface area contributed by atoms with Crippen molar-refractivity contribution in [2.24, 2.45) is 0 Å². The van der Waals surface area contributed by atoms with Gasteiger partial charge in [0.1, 0.15) is 18.1 Å². The monoisotopic (exact) mass is 518 g/mol. The number of carbonyl (C=O) groups excluding carboxylic acids is 2. The first-order chi connectivity index (χ1) is 18.9. The SMILES string of the molecule is CCc1ccc(C2C(=C(O)c3ccc(OCc4cccc(C)c4)cc3)C(=O)C(=O)N2Cc2cccnc2)cc1. The summed E-state index contributed by atoms with van der Waals surface area (Å²) in [6.07, 6.45) is 4.20. The van der Waals surface area contributed by atoms with Gasteiger partial charge in [-0.15, -0.1) is 0 Å². The van der Waals surface area contributed by atoms with Crippen molar-refractivity contribution in [3.63, 3.8) is 0 Å². The highest BCUT2D eigenvalue weighted by atomic mass is 16.5. The first kappa shape index (κ1) is 25.9. The van der Waals surface area contributed by atoms with Crippen LogP contribution in [0.2, 0.25) is 0 Å². The van der Waals surface area contributed by atoms with Crippen molar-refractivity contribution in [3.8, 4) is 5.75 Å². The number of benzene rings is 3. The number of ether oxygens (including phenoxy) is 1. The molecular formula is C33H30N2O4. The number of aromatic nitrogens is 1. The lowest BCUT2D eigenvalue weighted by atomic mass is 9.94. The number of likely N-dealkylation sites (tertiary alicyclic amines) is 1. The molecule has 0 radical (unpaired) electrons. The van der Waals surface area contributed by atoms with Gasteiger partial charge in [0.2, 0.25) is 0 Å². The predicted molar refractivity (Wildman–Crippen MR) is 150 cm³/mol. The molecule has 2 heterocycles. The lowest BCUT2D eigenvalue weighted by Crippen LogP contribution is -2.29. The Hall–Kier alpha value is -4.71. The highest BCUT2D eigenvalue weighted by molar-refractivity contribution is 6.46. The average Bonchev–Trinajstić information content (AvgIpc) is 3.21. The van der Waals surface area contributed by atoms with Crippen molar-refractivity contribution >= 4 is 17.4 Å². The third-order valence-electron chi connectivity index (χ3n) is 6.94. The van der Waals surface area contributed by atoms with E-state index in [1.54, 1.807) is 42.7 Å². The molecule has 196 valence electrons. The van der Waals surface area contributed by atoms with Gasteiger partial charge >= 0.3 is 0 Å². The van der Waals surface area contributed by atoms with Gasteiger partial charge in [-0.2, -0.15) is 0 Å². The first-order valence-electron chi connectivity index (χ1n) is 13.0. The molecular weight excluding hydrogens is 488 g/mol. The van der Waals surface area contributed by atoms with Gasteiger partial charge in [0, 0.05) is 24.5 Å². The fraction of sp³-hybridized carbons (Fsp3) is 0.182. The van der Waals surface area contributed by atoms with Crippen molar-refractivity contribution in [1.82, 2.24) is 9.88 Å². The Morgan fingerprint density at radius 3 is 2.33 bits per heavy atom. The Balaban J connectivity index is 1.47. The number of hydrogen-bond donors (Lipinski definition) is 1. The summed E-state index contributed by atoms with van der Waals surface area (Å²) in [6.45, 7) is 4.71. The minimum atomic E-state index is -0.728. The normalized spacial score (nSPS) is 16.5. The van der Waals surface area contributed by atoms with Crippen LogP contribution in [0.15, 0.2) is 103 Å². The number of carbonyl (C=O) groups is 2. The molecule has 6 nitrogen and oxygen atoms in total. The molecule has 1 unspecified atom stereocenters. The molecule has 6 heteroatoms. The molecule has 1 aromatic heterocycles. The van der Waals surface area contributed by atoms with Crippen LogP contribution in [0.5, 0.6) is 5.75 Å². The molecule has 1 aliphatic rings. The standard InChI is InChI=1S/C33H30N2O4/c1-3-23-9-11-26(12-10-23)30-29(32(37)33(38)35(30)20-25-8-5-17-34-19-25)31(36)27-13-15-28(16-14-27)39-21-24-7-4-6-22(2)18-24/h4-19,30,36H,3,20-21H2,1-2H3. The molecule has 0 bridgehead atoms. The minimum Gasteiger partial charge on any atom is -0.507 e. The van der Waals surface area contributed by atoms with E-state index in [9.17, 15) is 14.7 Å². The largest absolute Gasteiger partial charge is 0.507 e. The molecule has 1 atom stereocenters. The van der Waals surface area contributed by atoms with Gasteiger partial charge in [-0.25, -0.2) is 0 Å². The van der Waals surface area contributed by atoms with Crippen LogP contribution in [0.25, 0.3) is 5.76 Å². The van der Waals surface area contributed by atoms with E-state index in [1.165, 1.54) is 4.90 Å². The van der Waals surface area contributed by atoms with Gasteiger partial charge in [-0.3, -0.25) is 14.6 Å². The zero-order valence-electron chi connectivity index (χ0n) is 22.0. The number of hydrogen-bond acceptors (Lipinski definition) is 5. The van der Waals surface area contributed by atoms with E-state index in [1.807, 2.05) is 55.5 Å². The van der Waals surface area contributed by atoms with E-state index in [2.05, 4.69) is 18.0 Å². The zero-order chi connectivity index (χ0) is 27.4. The van der Waals surface area contributed by atoms with Gasteiger partial charge in [0.15, 0.2) is 0 Å². The van der Waals surface area contributed by atoms with Crippen LogP contribution >= 0.6 is 0 Å². The fourth-order valence-corrected chi connectivity index (χ4v) is 4.85. The van der Waals surface area contributed by atoms with Crippen molar-refractivity contribution in [2.45, 2.75) is 39.5 Å². The Labute approximate surface area is 228 Å². The summed E-state index contributed by atoms with van der Waals surface area (Å²) in [7, 11) is 0. The molecule has 39 heavy (non-hydrogen) atoms. The Bertz CT molecular complexity index is 1510. The smallest absolute Gasteiger partial charge is 0.295 e. The maximum atomic E-state index is 13.3. The fourth-order valence-electron chi connectivity index (χ4n) is 4.85. The second-order valence-electron chi connectivity index (χ2n) is 9.69. The number of rotatable bonds is 8. The number of Topliss-reactive ketones (excluding diaryl/α,β-unsaturated/α-hetero) is 1. The molecule has 0 aliphatic carbocycles. The summed E-state index contributed by atoms with van der Waals surface area (Å²) in [4.78, 5) is 32.2. The van der Waals surface area contributed by atoms with Crippen molar-refractivity contribution in [3.05, 3.63) is 136 Å². The number of nitrogens with zero attached hydrogens (tertiary/aromatic N) is 2. The van der Waals surface area contributed by atoms with Crippen LogP contribution in [0.4, 0.5) is 0 Å². The van der Waals surface area contributed by atoms with Gasteiger partial charge in [0.05, 0.1) is 11.6 Å². The number of aliphatic hydroxyl groups is 1. The van der Waals surface area contributed by atoms with Crippen LogP contribution in [0.1, 0.15) is 46.3 Å². The van der Waals surface area contributed by atoms with E-state index in [-0.39, 0.29) is 17.9 Å². The summed E-state index contributed by atoms with van der Waals surface area (Å²) in [6, 6.07) is 25.7. The molecule has 1 amide bonds. The quantitative estimate of drug-likeness (QED) is 0.172. The van der Waals surface area contributed by atoms with Crippen LogP contribution in [0, 0.1) is 6.92 Å².